The molecule has 24 heavy (non-hydrogen) atoms. The number of fused-ring (bicyclic) bond motifs is 1. The fourth-order valence-corrected chi connectivity index (χ4v) is 3.10. The van der Waals surface area contributed by atoms with E-state index in [4.69, 9.17) is 0 Å². The Kier molecular flexibility index (Phi) is 4.20. The van der Waals surface area contributed by atoms with Crippen molar-refractivity contribution in [2.45, 2.75) is 25.7 Å². The second kappa shape index (κ2) is 6.31. The van der Waals surface area contributed by atoms with Crippen LogP contribution in [0.15, 0.2) is 24.3 Å². The molecule has 1 atom stereocenters. The number of nitro groups is 1. The molecular formula is C16H19N5O3. The molecule has 0 aliphatic carbocycles. The largest absolute Gasteiger partial charge is 0.364 e. The van der Waals surface area contributed by atoms with E-state index in [1.165, 1.54) is 4.68 Å². The molecule has 126 valence electrons. The number of hydrogen-bond donors (Lipinski definition) is 2. The Hall–Kier alpha value is -2.90. The fraction of sp³-hybridized carbons (Fsp3) is 0.375. The highest BCUT2D eigenvalue weighted by Gasteiger charge is 2.28. The number of carbonyl (C=O) groups excluding carboxylic acids is 1. The van der Waals surface area contributed by atoms with Gasteiger partial charge in [0.15, 0.2) is 0 Å². The molecule has 1 aromatic heterocycles. The zero-order valence-corrected chi connectivity index (χ0v) is 13.6. The minimum atomic E-state index is -0.407. The van der Waals surface area contributed by atoms with Crippen molar-refractivity contribution in [1.82, 2.24) is 9.78 Å². The first-order chi connectivity index (χ1) is 11.5. The zero-order chi connectivity index (χ0) is 17.3. The predicted molar refractivity (Wildman–Crippen MR) is 90.2 cm³/mol. The number of amides is 1. The summed E-state index contributed by atoms with van der Waals surface area (Å²) in [6, 6.07) is 7.62. The number of nitrogens with zero attached hydrogens (tertiary/aromatic N) is 3. The minimum Gasteiger partial charge on any atom is -0.364 e. The van der Waals surface area contributed by atoms with Gasteiger partial charge in [-0.15, -0.1) is 0 Å². The van der Waals surface area contributed by atoms with Crippen molar-refractivity contribution in [3.05, 3.63) is 45.6 Å². The van der Waals surface area contributed by atoms with Crippen LogP contribution in [0.5, 0.6) is 0 Å². The van der Waals surface area contributed by atoms with E-state index in [-0.39, 0.29) is 17.5 Å². The Labute approximate surface area is 139 Å². The maximum Gasteiger partial charge on any atom is 0.333 e. The standard InChI is InChI=1S/C16H19N5O3/c1-3-12-15(21(23)24)16(20(2)19-12)17-9-10-8-14(22)18-13-7-5-4-6-11(10)13/h4-7,10,17H,3,8-9H2,1-2H3,(H,18,22). The highest BCUT2D eigenvalue weighted by molar-refractivity contribution is 5.94. The zero-order valence-electron chi connectivity index (χ0n) is 13.6. The van der Waals surface area contributed by atoms with Crippen molar-refractivity contribution in [2.24, 2.45) is 7.05 Å². The number of anilines is 2. The summed E-state index contributed by atoms with van der Waals surface area (Å²) < 4.78 is 1.49. The van der Waals surface area contributed by atoms with E-state index in [1.54, 1.807) is 7.05 Å². The summed E-state index contributed by atoms with van der Waals surface area (Å²) in [5, 5.41) is 21.5. The third kappa shape index (κ3) is 2.82. The van der Waals surface area contributed by atoms with Crippen LogP contribution in [0, 0.1) is 10.1 Å². The number of aryl methyl sites for hydroxylation is 2. The molecule has 0 radical (unpaired) electrons. The molecule has 2 heterocycles. The van der Waals surface area contributed by atoms with E-state index in [2.05, 4.69) is 15.7 Å². The number of aromatic nitrogens is 2. The van der Waals surface area contributed by atoms with Gasteiger partial charge in [0, 0.05) is 31.6 Å². The highest BCUT2D eigenvalue weighted by atomic mass is 16.6. The Balaban J connectivity index is 1.86. The third-order valence-electron chi connectivity index (χ3n) is 4.23. The fourth-order valence-electron chi connectivity index (χ4n) is 3.10. The maximum absolute atomic E-state index is 11.9. The van der Waals surface area contributed by atoms with Crippen molar-refractivity contribution in [3.63, 3.8) is 0 Å². The van der Waals surface area contributed by atoms with Gasteiger partial charge in [0.05, 0.1) is 4.92 Å². The molecule has 0 saturated heterocycles. The average molecular weight is 329 g/mol. The molecule has 0 spiro atoms. The molecule has 1 amide bonds. The van der Waals surface area contributed by atoms with Crippen LogP contribution in [0.1, 0.15) is 30.5 Å². The van der Waals surface area contributed by atoms with Gasteiger partial charge in [-0.3, -0.25) is 14.9 Å². The summed E-state index contributed by atoms with van der Waals surface area (Å²) in [5.41, 5.74) is 2.29. The Morgan fingerprint density at radius 2 is 2.21 bits per heavy atom. The van der Waals surface area contributed by atoms with E-state index in [0.717, 1.165) is 11.3 Å². The number of benzene rings is 1. The summed E-state index contributed by atoms with van der Waals surface area (Å²) in [7, 11) is 1.68. The van der Waals surface area contributed by atoms with Gasteiger partial charge in [-0.25, -0.2) is 4.68 Å². The second-order valence-electron chi connectivity index (χ2n) is 5.80. The Bertz CT molecular complexity index is 799. The molecule has 2 N–H and O–H groups in total. The van der Waals surface area contributed by atoms with Crippen molar-refractivity contribution < 1.29 is 9.72 Å². The van der Waals surface area contributed by atoms with Crippen LogP contribution in [-0.4, -0.2) is 27.2 Å². The van der Waals surface area contributed by atoms with E-state index in [9.17, 15) is 14.9 Å². The van der Waals surface area contributed by atoms with Crippen LogP contribution in [0.25, 0.3) is 0 Å². The van der Waals surface area contributed by atoms with Crippen LogP contribution in [0.2, 0.25) is 0 Å². The average Bonchev–Trinajstić information content (AvgIpc) is 2.88. The van der Waals surface area contributed by atoms with Crippen LogP contribution in [0.3, 0.4) is 0 Å². The van der Waals surface area contributed by atoms with E-state index >= 15 is 0 Å². The van der Waals surface area contributed by atoms with Gasteiger partial charge in [-0.2, -0.15) is 5.10 Å². The van der Waals surface area contributed by atoms with Gasteiger partial charge in [0.25, 0.3) is 0 Å². The first-order valence-corrected chi connectivity index (χ1v) is 7.84. The van der Waals surface area contributed by atoms with Gasteiger partial charge in [-0.1, -0.05) is 25.1 Å². The molecule has 0 fully saturated rings. The predicted octanol–water partition coefficient (Wildman–Crippen LogP) is 2.43. The lowest BCUT2D eigenvalue weighted by Gasteiger charge is -2.25. The number of nitrogens with one attached hydrogen (secondary N) is 2. The molecule has 3 rings (SSSR count). The van der Waals surface area contributed by atoms with E-state index in [0.29, 0.717) is 30.9 Å². The van der Waals surface area contributed by atoms with Gasteiger partial charge in [-0.05, 0) is 18.1 Å². The Morgan fingerprint density at radius 3 is 2.92 bits per heavy atom. The smallest absolute Gasteiger partial charge is 0.333 e. The Morgan fingerprint density at radius 1 is 1.46 bits per heavy atom. The maximum atomic E-state index is 11.9. The first kappa shape index (κ1) is 16.0. The summed E-state index contributed by atoms with van der Waals surface area (Å²) in [5.74, 6) is 0.282. The number of carbonyl (C=O) groups is 1. The normalized spacial score (nSPS) is 16.4. The molecule has 8 heteroatoms. The monoisotopic (exact) mass is 329 g/mol. The first-order valence-electron chi connectivity index (χ1n) is 7.84. The van der Waals surface area contributed by atoms with E-state index in [1.807, 2.05) is 31.2 Å². The molecule has 8 nitrogen and oxygen atoms in total. The molecule has 1 aliphatic rings. The van der Waals surface area contributed by atoms with Crippen LogP contribution < -0.4 is 10.6 Å². The number of para-hydroxylation sites is 1. The molecule has 1 unspecified atom stereocenters. The quantitative estimate of drug-likeness (QED) is 0.648. The number of hydrogen-bond acceptors (Lipinski definition) is 5. The van der Waals surface area contributed by atoms with Gasteiger partial charge >= 0.3 is 5.69 Å². The molecule has 0 saturated carbocycles. The SMILES string of the molecule is CCc1nn(C)c(NCC2CC(=O)Nc3ccccc32)c1[N+](=O)[O-]. The molecule has 1 aliphatic heterocycles. The van der Waals surface area contributed by atoms with E-state index < -0.39 is 4.92 Å². The topological polar surface area (TPSA) is 102 Å². The summed E-state index contributed by atoms with van der Waals surface area (Å²) in [4.78, 5) is 22.8. The minimum absolute atomic E-state index is 0.00791. The van der Waals surface area contributed by atoms with Crippen molar-refractivity contribution in [3.8, 4) is 0 Å². The lowest BCUT2D eigenvalue weighted by atomic mass is 9.90. The van der Waals surface area contributed by atoms with Gasteiger partial charge in [0.2, 0.25) is 11.7 Å². The molecular weight excluding hydrogens is 310 g/mol. The summed E-state index contributed by atoms with van der Waals surface area (Å²) in [6.45, 7) is 2.26. The van der Waals surface area contributed by atoms with Gasteiger partial charge < -0.3 is 10.6 Å². The van der Waals surface area contributed by atoms with Crippen molar-refractivity contribution in [2.75, 3.05) is 17.2 Å². The molecule has 0 bridgehead atoms. The van der Waals surface area contributed by atoms with Crippen molar-refractivity contribution >= 4 is 23.1 Å². The summed E-state index contributed by atoms with van der Waals surface area (Å²) >= 11 is 0. The lowest BCUT2D eigenvalue weighted by molar-refractivity contribution is -0.384. The third-order valence-corrected chi connectivity index (χ3v) is 4.23. The lowest BCUT2D eigenvalue weighted by Crippen LogP contribution is -2.27. The van der Waals surface area contributed by atoms with Crippen LogP contribution in [-0.2, 0) is 18.3 Å². The van der Waals surface area contributed by atoms with Crippen LogP contribution >= 0.6 is 0 Å². The highest BCUT2D eigenvalue weighted by Crippen LogP contribution is 2.34. The van der Waals surface area contributed by atoms with Crippen LogP contribution in [0.4, 0.5) is 17.2 Å². The van der Waals surface area contributed by atoms with Gasteiger partial charge in [0.1, 0.15) is 5.69 Å². The second-order valence-corrected chi connectivity index (χ2v) is 5.80. The summed E-state index contributed by atoms with van der Waals surface area (Å²) in [6.07, 6.45) is 0.830. The molecule has 2 aromatic rings. The van der Waals surface area contributed by atoms with Crippen molar-refractivity contribution in [1.29, 1.82) is 0 Å². The molecule has 1 aromatic carbocycles. The number of rotatable bonds is 5.